The minimum absolute atomic E-state index is 0.228. The molecule has 0 spiro atoms. The first kappa shape index (κ1) is 15.1. The monoisotopic (exact) mass is 290 g/mol. The smallest absolute Gasteiger partial charge is 0.371 e. The molecule has 0 saturated heterocycles. The van der Waals surface area contributed by atoms with Gasteiger partial charge in [-0.2, -0.15) is 0 Å². The number of carbonyl (C=O) groups is 1. The fraction of sp³-hybridized carbons (Fsp3) is 0.375. The molecule has 0 fully saturated rings. The van der Waals surface area contributed by atoms with Gasteiger partial charge in [0.25, 0.3) is 0 Å². The molecule has 0 aliphatic heterocycles. The van der Waals surface area contributed by atoms with Crippen molar-refractivity contribution in [1.82, 2.24) is 0 Å². The topological polar surface area (TPSA) is 76.7 Å². The Morgan fingerprint density at radius 1 is 1.29 bits per heavy atom. The zero-order valence-electron chi connectivity index (χ0n) is 11.9. The SMILES string of the molecule is CCCCCCOc1cccc2oc(C(=O)O)cc(=O)c12. The fourth-order valence-corrected chi connectivity index (χ4v) is 2.11. The molecule has 0 radical (unpaired) electrons. The Hall–Kier alpha value is -2.30. The molecule has 1 aromatic carbocycles. The standard InChI is InChI=1S/C16H18O5/c1-2-3-4-5-9-20-12-7-6-8-13-15(12)11(17)10-14(21-13)16(18)19/h6-8,10H,2-5,9H2,1H3,(H,18,19). The third kappa shape index (κ3) is 3.62. The van der Waals surface area contributed by atoms with Gasteiger partial charge in [0.15, 0.2) is 5.43 Å². The lowest BCUT2D eigenvalue weighted by Gasteiger charge is -2.08. The molecule has 0 atom stereocenters. The molecule has 1 N–H and O–H groups in total. The molecular weight excluding hydrogens is 272 g/mol. The van der Waals surface area contributed by atoms with Gasteiger partial charge >= 0.3 is 5.97 Å². The lowest BCUT2D eigenvalue weighted by molar-refractivity contribution is 0.0663. The summed E-state index contributed by atoms with van der Waals surface area (Å²) in [6.45, 7) is 2.66. The van der Waals surface area contributed by atoms with E-state index in [9.17, 15) is 9.59 Å². The summed E-state index contributed by atoms with van der Waals surface area (Å²) in [5.41, 5.74) is -0.177. The summed E-state index contributed by atoms with van der Waals surface area (Å²) in [6.07, 6.45) is 4.31. The van der Waals surface area contributed by atoms with Crippen molar-refractivity contribution in [3.8, 4) is 5.75 Å². The highest BCUT2D eigenvalue weighted by atomic mass is 16.5. The van der Waals surface area contributed by atoms with Crippen molar-refractivity contribution in [2.75, 3.05) is 6.61 Å². The van der Waals surface area contributed by atoms with Crippen molar-refractivity contribution in [1.29, 1.82) is 0 Å². The van der Waals surface area contributed by atoms with E-state index >= 15 is 0 Å². The van der Waals surface area contributed by atoms with Crippen LogP contribution < -0.4 is 10.2 Å². The van der Waals surface area contributed by atoms with Crippen molar-refractivity contribution in [3.63, 3.8) is 0 Å². The Bertz CT molecular complexity index is 687. The first-order valence-corrected chi connectivity index (χ1v) is 7.06. The van der Waals surface area contributed by atoms with Gasteiger partial charge in [0, 0.05) is 6.07 Å². The summed E-state index contributed by atoms with van der Waals surface area (Å²) in [5.74, 6) is -1.19. The predicted molar refractivity (Wildman–Crippen MR) is 79.1 cm³/mol. The first-order valence-electron chi connectivity index (χ1n) is 7.06. The molecule has 0 bridgehead atoms. The number of carboxylic acid groups (broad SMARTS) is 1. The second kappa shape index (κ2) is 6.92. The first-order chi connectivity index (χ1) is 10.1. The van der Waals surface area contributed by atoms with E-state index in [1.54, 1.807) is 18.2 Å². The molecule has 1 heterocycles. The van der Waals surface area contributed by atoms with E-state index in [4.69, 9.17) is 14.3 Å². The van der Waals surface area contributed by atoms with Crippen LogP contribution in [0.3, 0.4) is 0 Å². The van der Waals surface area contributed by atoms with Gasteiger partial charge in [0.05, 0.1) is 6.61 Å². The molecule has 0 amide bonds. The van der Waals surface area contributed by atoms with Gasteiger partial charge in [-0.15, -0.1) is 0 Å². The van der Waals surface area contributed by atoms with Crippen LogP contribution >= 0.6 is 0 Å². The summed E-state index contributed by atoms with van der Waals surface area (Å²) in [7, 11) is 0. The Morgan fingerprint density at radius 2 is 2.10 bits per heavy atom. The minimum atomic E-state index is -1.26. The summed E-state index contributed by atoms with van der Waals surface area (Å²) >= 11 is 0. The molecule has 1 aromatic heterocycles. The summed E-state index contributed by atoms with van der Waals surface area (Å²) in [4.78, 5) is 22.9. The average molecular weight is 290 g/mol. The zero-order valence-corrected chi connectivity index (χ0v) is 11.9. The van der Waals surface area contributed by atoms with Crippen molar-refractivity contribution in [2.45, 2.75) is 32.6 Å². The molecule has 0 unspecified atom stereocenters. The Labute approximate surface area is 122 Å². The van der Waals surface area contributed by atoms with Crippen LogP contribution in [-0.2, 0) is 0 Å². The molecular formula is C16H18O5. The third-order valence-electron chi connectivity index (χ3n) is 3.18. The highest BCUT2D eigenvalue weighted by Gasteiger charge is 2.13. The quantitative estimate of drug-likeness (QED) is 0.790. The Balaban J connectivity index is 2.25. The number of aromatic carboxylic acids is 1. The largest absolute Gasteiger partial charge is 0.493 e. The maximum atomic E-state index is 12.1. The van der Waals surface area contributed by atoms with Gasteiger partial charge in [-0.3, -0.25) is 4.79 Å². The van der Waals surface area contributed by atoms with E-state index in [1.165, 1.54) is 0 Å². The number of fused-ring (bicyclic) bond motifs is 1. The number of hydrogen-bond acceptors (Lipinski definition) is 4. The Kier molecular flexibility index (Phi) is 4.98. The number of rotatable bonds is 7. The van der Waals surface area contributed by atoms with Crippen molar-refractivity contribution in [2.24, 2.45) is 0 Å². The van der Waals surface area contributed by atoms with Crippen LogP contribution in [0.2, 0.25) is 0 Å². The lowest BCUT2D eigenvalue weighted by Crippen LogP contribution is -2.08. The van der Waals surface area contributed by atoms with Crippen LogP contribution in [0.5, 0.6) is 5.75 Å². The molecule has 112 valence electrons. The highest BCUT2D eigenvalue weighted by Crippen LogP contribution is 2.23. The molecule has 21 heavy (non-hydrogen) atoms. The number of benzene rings is 1. The number of ether oxygens (including phenoxy) is 1. The third-order valence-corrected chi connectivity index (χ3v) is 3.18. The highest BCUT2D eigenvalue weighted by molar-refractivity contribution is 5.89. The maximum absolute atomic E-state index is 12.1. The summed E-state index contributed by atoms with van der Waals surface area (Å²) in [5, 5.41) is 9.19. The number of hydrogen-bond donors (Lipinski definition) is 1. The normalized spacial score (nSPS) is 10.7. The van der Waals surface area contributed by atoms with Gasteiger partial charge in [-0.1, -0.05) is 32.3 Å². The van der Waals surface area contributed by atoms with Crippen LogP contribution in [0.25, 0.3) is 11.0 Å². The van der Waals surface area contributed by atoms with Gasteiger partial charge in [-0.05, 0) is 18.6 Å². The van der Waals surface area contributed by atoms with E-state index in [0.717, 1.165) is 31.7 Å². The second-order valence-electron chi connectivity index (χ2n) is 4.82. The zero-order chi connectivity index (χ0) is 15.2. The van der Waals surface area contributed by atoms with Crippen molar-refractivity contribution >= 4 is 16.9 Å². The fourth-order valence-electron chi connectivity index (χ4n) is 2.11. The van der Waals surface area contributed by atoms with Gasteiger partial charge in [0.2, 0.25) is 5.76 Å². The van der Waals surface area contributed by atoms with Crippen LogP contribution in [0.15, 0.2) is 33.5 Å². The number of carboxylic acids is 1. The molecule has 0 saturated carbocycles. The lowest BCUT2D eigenvalue weighted by atomic mass is 10.2. The Morgan fingerprint density at radius 3 is 2.81 bits per heavy atom. The molecule has 5 heteroatoms. The van der Waals surface area contributed by atoms with E-state index < -0.39 is 11.4 Å². The molecule has 2 aromatic rings. The maximum Gasteiger partial charge on any atom is 0.371 e. The van der Waals surface area contributed by atoms with Crippen LogP contribution in [0.1, 0.15) is 43.2 Å². The van der Waals surface area contributed by atoms with Gasteiger partial charge in [0.1, 0.15) is 16.7 Å². The van der Waals surface area contributed by atoms with Gasteiger partial charge in [-0.25, -0.2) is 4.79 Å². The molecule has 5 nitrogen and oxygen atoms in total. The summed E-state index contributed by atoms with van der Waals surface area (Å²) < 4.78 is 10.8. The molecule has 0 aliphatic rings. The minimum Gasteiger partial charge on any atom is -0.493 e. The average Bonchev–Trinajstić information content (AvgIpc) is 2.46. The predicted octanol–water partition coefficient (Wildman–Crippen LogP) is 3.45. The van der Waals surface area contributed by atoms with Crippen LogP contribution in [0, 0.1) is 0 Å². The number of unbranched alkanes of at least 4 members (excludes halogenated alkanes) is 3. The second-order valence-corrected chi connectivity index (χ2v) is 4.82. The summed E-state index contributed by atoms with van der Waals surface area (Å²) in [6, 6.07) is 5.92. The molecule has 0 aliphatic carbocycles. The van der Waals surface area contributed by atoms with E-state index in [0.29, 0.717) is 12.4 Å². The van der Waals surface area contributed by atoms with E-state index in [2.05, 4.69) is 6.92 Å². The van der Waals surface area contributed by atoms with E-state index in [-0.39, 0.29) is 16.7 Å². The van der Waals surface area contributed by atoms with Gasteiger partial charge < -0.3 is 14.3 Å². The van der Waals surface area contributed by atoms with Crippen LogP contribution in [-0.4, -0.2) is 17.7 Å². The van der Waals surface area contributed by atoms with Crippen molar-refractivity contribution < 1.29 is 19.1 Å². The van der Waals surface area contributed by atoms with E-state index in [1.807, 2.05) is 0 Å². The van der Waals surface area contributed by atoms with Crippen molar-refractivity contribution in [3.05, 3.63) is 40.2 Å². The van der Waals surface area contributed by atoms with Crippen LogP contribution in [0.4, 0.5) is 0 Å². The molecule has 2 rings (SSSR count).